The number of piperidine rings is 1. The number of amides is 4. The molecule has 0 atom stereocenters. The number of hydrogen-bond donors (Lipinski definition) is 2. The van der Waals surface area contributed by atoms with Gasteiger partial charge < -0.3 is 10.6 Å². The van der Waals surface area contributed by atoms with Crippen LogP contribution in [-0.4, -0.2) is 59.1 Å². The number of imide groups is 1. The second kappa shape index (κ2) is 10.4. The van der Waals surface area contributed by atoms with Crippen LogP contribution in [-0.2, 0) is 20.9 Å². The van der Waals surface area contributed by atoms with Gasteiger partial charge in [-0.2, -0.15) is 0 Å². The van der Waals surface area contributed by atoms with Crippen molar-refractivity contribution in [3.8, 4) is 0 Å². The van der Waals surface area contributed by atoms with Crippen molar-refractivity contribution in [3.05, 3.63) is 65.7 Å². The molecule has 8 nitrogen and oxygen atoms in total. The number of anilines is 1. The number of carbonyl (C=O) groups excluding carboxylic acids is 4. The van der Waals surface area contributed by atoms with E-state index in [9.17, 15) is 19.2 Å². The van der Waals surface area contributed by atoms with Gasteiger partial charge in [-0.3, -0.25) is 29.0 Å². The van der Waals surface area contributed by atoms with E-state index in [4.69, 9.17) is 0 Å². The first-order valence-electron chi connectivity index (χ1n) is 11.3. The van der Waals surface area contributed by atoms with E-state index in [0.29, 0.717) is 12.1 Å². The highest BCUT2D eigenvalue weighted by Gasteiger charge is 2.28. The molecule has 0 aromatic heterocycles. The molecule has 8 heteroatoms. The van der Waals surface area contributed by atoms with E-state index in [1.807, 2.05) is 30.3 Å². The standard InChI is InChI=1S/C25H28N4O4/c30-22(26-20-4-2-1-3-5-20)17-28-14-12-21(13-15-28)27-25(33)19-8-6-18(7-9-19)16-29-23(31)10-11-24(29)32/h1-9,21H,10-17H2,(H,26,30)(H,27,33). The molecule has 0 saturated carbocycles. The van der Waals surface area contributed by atoms with Crippen molar-refractivity contribution < 1.29 is 19.2 Å². The van der Waals surface area contributed by atoms with Gasteiger partial charge in [-0.15, -0.1) is 0 Å². The Morgan fingerprint density at radius 2 is 1.52 bits per heavy atom. The lowest BCUT2D eigenvalue weighted by molar-refractivity contribution is -0.139. The minimum absolute atomic E-state index is 0.0406. The minimum atomic E-state index is -0.147. The molecule has 2 aliphatic rings. The third-order valence-corrected chi connectivity index (χ3v) is 6.06. The number of rotatable bonds is 7. The van der Waals surface area contributed by atoms with Crippen molar-refractivity contribution in [1.82, 2.24) is 15.1 Å². The number of benzene rings is 2. The van der Waals surface area contributed by atoms with Crippen LogP contribution in [0.1, 0.15) is 41.6 Å². The summed E-state index contributed by atoms with van der Waals surface area (Å²) in [4.78, 5) is 51.8. The van der Waals surface area contributed by atoms with Gasteiger partial charge in [0.05, 0.1) is 13.1 Å². The molecule has 0 unspecified atom stereocenters. The average Bonchev–Trinajstić information content (AvgIpc) is 3.13. The van der Waals surface area contributed by atoms with Crippen LogP contribution in [0.25, 0.3) is 0 Å². The summed E-state index contributed by atoms with van der Waals surface area (Å²) in [5, 5.41) is 5.97. The Kier molecular flexibility index (Phi) is 7.14. The van der Waals surface area contributed by atoms with Crippen LogP contribution in [0, 0.1) is 0 Å². The van der Waals surface area contributed by atoms with Gasteiger partial charge in [0.15, 0.2) is 0 Å². The molecule has 2 saturated heterocycles. The lowest BCUT2D eigenvalue weighted by atomic mass is 10.0. The van der Waals surface area contributed by atoms with Crippen molar-refractivity contribution in [1.29, 1.82) is 0 Å². The number of para-hydroxylation sites is 1. The molecule has 4 amide bonds. The fourth-order valence-corrected chi connectivity index (χ4v) is 4.17. The van der Waals surface area contributed by atoms with Crippen LogP contribution in [0.4, 0.5) is 5.69 Å². The Hall–Kier alpha value is -3.52. The van der Waals surface area contributed by atoms with Gasteiger partial charge >= 0.3 is 0 Å². The molecule has 33 heavy (non-hydrogen) atoms. The van der Waals surface area contributed by atoms with Crippen molar-refractivity contribution in [2.24, 2.45) is 0 Å². The lowest BCUT2D eigenvalue weighted by Gasteiger charge is -2.31. The highest BCUT2D eigenvalue weighted by molar-refractivity contribution is 6.01. The zero-order valence-electron chi connectivity index (χ0n) is 18.5. The molecule has 2 fully saturated rings. The summed E-state index contributed by atoms with van der Waals surface area (Å²) in [6.07, 6.45) is 2.11. The third-order valence-electron chi connectivity index (χ3n) is 6.06. The van der Waals surface area contributed by atoms with Crippen LogP contribution in [0.5, 0.6) is 0 Å². The third kappa shape index (κ3) is 6.04. The summed E-state index contributed by atoms with van der Waals surface area (Å²) in [6, 6.07) is 16.4. The van der Waals surface area contributed by atoms with Crippen LogP contribution in [0.3, 0.4) is 0 Å². The number of nitrogens with zero attached hydrogens (tertiary/aromatic N) is 2. The predicted molar refractivity (Wildman–Crippen MR) is 123 cm³/mol. The van der Waals surface area contributed by atoms with E-state index in [-0.39, 0.29) is 49.1 Å². The average molecular weight is 449 g/mol. The fourth-order valence-electron chi connectivity index (χ4n) is 4.17. The largest absolute Gasteiger partial charge is 0.349 e. The first-order valence-corrected chi connectivity index (χ1v) is 11.3. The molecule has 0 radical (unpaired) electrons. The Balaban J connectivity index is 1.21. The highest BCUT2D eigenvalue weighted by atomic mass is 16.2. The van der Waals surface area contributed by atoms with Crippen LogP contribution in [0.2, 0.25) is 0 Å². The summed E-state index contributed by atoms with van der Waals surface area (Å²) in [6.45, 7) is 2.06. The van der Waals surface area contributed by atoms with E-state index in [0.717, 1.165) is 37.2 Å². The van der Waals surface area contributed by atoms with E-state index in [1.54, 1.807) is 24.3 Å². The number of carbonyl (C=O) groups is 4. The van der Waals surface area contributed by atoms with Crippen LogP contribution >= 0.6 is 0 Å². The molecule has 172 valence electrons. The summed E-state index contributed by atoms with van der Waals surface area (Å²) < 4.78 is 0. The van der Waals surface area contributed by atoms with Gasteiger partial charge in [0.25, 0.3) is 5.91 Å². The summed E-state index contributed by atoms with van der Waals surface area (Å²) in [5.74, 6) is -0.479. The van der Waals surface area contributed by atoms with Crippen molar-refractivity contribution in [3.63, 3.8) is 0 Å². The molecule has 2 aromatic rings. The Morgan fingerprint density at radius 1 is 0.879 bits per heavy atom. The van der Waals surface area contributed by atoms with Gasteiger partial charge in [0.1, 0.15) is 0 Å². The molecule has 2 aliphatic heterocycles. The summed E-state index contributed by atoms with van der Waals surface area (Å²) in [5.41, 5.74) is 2.15. The number of likely N-dealkylation sites (tertiary alicyclic amines) is 2. The van der Waals surface area contributed by atoms with E-state index in [2.05, 4.69) is 15.5 Å². The quantitative estimate of drug-likeness (QED) is 0.633. The second-order valence-corrected chi connectivity index (χ2v) is 8.51. The van der Waals surface area contributed by atoms with Gasteiger partial charge in [0, 0.05) is 43.2 Å². The summed E-state index contributed by atoms with van der Waals surface area (Å²) in [7, 11) is 0. The van der Waals surface area contributed by atoms with Crippen molar-refractivity contribution in [2.75, 3.05) is 25.0 Å². The molecule has 2 aromatic carbocycles. The molecular weight excluding hydrogens is 420 g/mol. The zero-order valence-corrected chi connectivity index (χ0v) is 18.5. The van der Waals surface area contributed by atoms with E-state index >= 15 is 0 Å². The smallest absolute Gasteiger partial charge is 0.251 e. The highest BCUT2D eigenvalue weighted by Crippen LogP contribution is 2.17. The molecule has 4 rings (SSSR count). The topological polar surface area (TPSA) is 98.8 Å². The Bertz CT molecular complexity index is 998. The fraction of sp³-hybridized carbons (Fsp3) is 0.360. The summed E-state index contributed by atoms with van der Waals surface area (Å²) >= 11 is 0. The predicted octanol–water partition coefficient (Wildman–Crippen LogP) is 2.17. The van der Waals surface area contributed by atoms with Gasteiger partial charge in [-0.05, 0) is 42.7 Å². The molecule has 2 N–H and O–H groups in total. The maximum Gasteiger partial charge on any atom is 0.251 e. The van der Waals surface area contributed by atoms with Crippen LogP contribution < -0.4 is 10.6 Å². The van der Waals surface area contributed by atoms with Gasteiger partial charge in [-0.1, -0.05) is 30.3 Å². The van der Waals surface area contributed by atoms with E-state index in [1.165, 1.54) is 4.90 Å². The minimum Gasteiger partial charge on any atom is -0.349 e. The first kappa shape index (κ1) is 22.7. The number of hydrogen-bond acceptors (Lipinski definition) is 5. The van der Waals surface area contributed by atoms with Crippen molar-refractivity contribution in [2.45, 2.75) is 38.3 Å². The maximum absolute atomic E-state index is 12.6. The monoisotopic (exact) mass is 448 g/mol. The van der Waals surface area contributed by atoms with Gasteiger partial charge in [-0.25, -0.2) is 0 Å². The SMILES string of the molecule is O=C(CN1CCC(NC(=O)c2ccc(CN3C(=O)CCC3=O)cc2)CC1)Nc1ccccc1. The maximum atomic E-state index is 12.6. The van der Waals surface area contributed by atoms with E-state index < -0.39 is 0 Å². The molecule has 0 aliphatic carbocycles. The number of nitrogens with one attached hydrogen (secondary N) is 2. The normalized spacial score (nSPS) is 17.3. The van der Waals surface area contributed by atoms with Gasteiger partial charge in [0.2, 0.25) is 17.7 Å². The molecular formula is C25H28N4O4. The van der Waals surface area contributed by atoms with Crippen LogP contribution in [0.15, 0.2) is 54.6 Å². The second-order valence-electron chi connectivity index (χ2n) is 8.51. The Morgan fingerprint density at radius 3 is 2.15 bits per heavy atom. The molecule has 2 heterocycles. The molecule has 0 bridgehead atoms. The lowest BCUT2D eigenvalue weighted by Crippen LogP contribution is -2.46. The Labute approximate surface area is 192 Å². The van der Waals surface area contributed by atoms with Crippen molar-refractivity contribution >= 4 is 29.3 Å². The molecule has 0 spiro atoms. The first-order chi connectivity index (χ1) is 16.0. The zero-order chi connectivity index (χ0) is 23.2.